The fourth-order valence-corrected chi connectivity index (χ4v) is 2.35. The number of carbonyl (C=O) groups is 1. The molecule has 1 aliphatic heterocycles. The van der Waals surface area contributed by atoms with Crippen LogP contribution in [-0.4, -0.2) is 69.3 Å². The zero-order valence-electron chi connectivity index (χ0n) is 12.1. The van der Waals surface area contributed by atoms with Crippen LogP contribution in [0.4, 0.5) is 4.79 Å². The molecule has 5 nitrogen and oxygen atoms in total. The molecular formula is C13H27N3O2. The summed E-state index contributed by atoms with van der Waals surface area (Å²) in [5, 5.41) is 3.02. The van der Waals surface area contributed by atoms with E-state index >= 15 is 0 Å². The number of hydrogen-bond donors (Lipinski definition) is 1. The lowest BCUT2D eigenvalue weighted by molar-refractivity contribution is 0.177. The van der Waals surface area contributed by atoms with Crippen LogP contribution in [0.2, 0.25) is 0 Å². The minimum atomic E-state index is 0.0693. The summed E-state index contributed by atoms with van der Waals surface area (Å²) in [6.07, 6.45) is 1.97. The molecule has 0 bridgehead atoms. The molecule has 2 atom stereocenters. The van der Waals surface area contributed by atoms with Crippen molar-refractivity contribution >= 4 is 6.03 Å². The normalized spacial score (nSPS) is 21.4. The number of likely N-dealkylation sites (tertiary alicyclic amines) is 1. The van der Waals surface area contributed by atoms with Crippen LogP contribution >= 0.6 is 0 Å². The average Bonchev–Trinajstić information content (AvgIpc) is 2.73. The van der Waals surface area contributed by atoms with E-state index in [-0.39, 0.29) is 12.1 Å². The van der Waals surface area contributed by atoms with Crippen molar-refractivity contribution in [2.75, 3.05) is 47.4 Å². The van der Waals surface area contributed by atoms with Crippen LogP contribution in [0.15, 0.2) is 0 Å². The van der Waals surface area contributed by atoms with E-state index in [4.69, 9.17) is 4.74 Å². The lowest BCUT2D eigenvalue weighted by Crippen LogP contribution is -2.43. The van der Waals surface area contributed by atoms with Crippen LogP contribution in [0.25, 0.3) is 0 Å². The number of nitrogens with one attached hydrogen (secondary N) is 1. The highest BCUT2D eigenvalue weighted by molar-refractivity contribution is 5.74. The molecule has 0 aliphatic carbocycles. The van der Waals surface area contributed by atoms with Gasteiger partial charge in [-0.3, -0.25) is 0 Å². The summed E-state index contributed by atoms with van der Waals surface area (Å²) in [6.45, 7) is 5.51. The largest absolute Gasteiger partial charge is 0.385 e. The highest BCUT2D eigenvalue weighted by Gasteiger charge is 2.26. The monoisotopic (exact) mass is 257 g/mol. The van der Waals surface area contributed by atoms with E-state index in [0.29, 0.717) is 12.5 Å². The Balaban J connectivity index is 2.27. The molecule has 1 aliphatic rings. The number of ether oxygens (including phenoxy) is 1. The minimum Gasteiger partial charge on any atom is -0.385 e. The van der Waals surface area contributed by atoms with Crippen molar-refractivity contribution in [1.82, 2.24) is 15.1 Å². The number of methoxy groups -OCH3 is 1. The zero-order chi connectivity index (χ0) is 13.5. The summed E-state index contributed by atoms with van der Waals surface area (Å²) in [6, 6.07) is 0.241. The molecule has 1 rings (SSSR count). The van der Waals surface area contributed by atoms with E-state index in [0.717, 1.165) is 32.5 Å². The Morgan fingerprint density at radius 1 is 1.56 bits per heavy atom. The summed E-state index contributed by atoms with van der Waals surface area (Å²) in [4.78, 5) is 16.1. The second kappa shape index (κ2) is 7.59. The van der Waals surface area contributed by atoms with Crippen LogP contribution < -0.4 is 5.32 Å². The second-order valence-electron chi connectivity index (χ2n) is 5.49. The van der Waals surface area contributed by atoms with Gasteiger partial charge in [0, 0.05) is 39.4 Å². The van der Waals surface area contributed by atoms with Crippen LogP contribution in [0.3, 0.4) is 0 Å². The number of amides is 2. The molecule has 0 radical (unpaired) electrons. The molecule has 0 saturated carbocycles. The third kappa shape index (κ3) is 5.23. The Hall–Kier alpha value is -0.810. The quantitative estimate of drug-likeness (QED) is 0.772. The van der Waals surface area contributed by atoms with Crippen molar-refractivity contribution in [3.63, 3.8) is 0 Å². The van der Waals surface area contributed by atoms with Gasteiger partial charge in [-0.05, 0) is 39.8 Å². The van der Waals surface area contributed by atoms with Gasteiger partial charge in [-0.1, -0.05) is 0 Å². The Morgan fingerprint density at radius 3 is 2.89 bits per heavy atom. The fraction of sp³-hybridized carbons (Fsp3) is 0.923. The van der Waals surface area contributed by atoms with E-state index < -0.39 is 0 Å². The SMILES string of the molecule is COCC[C@@H](C)NC(=O)N1CC[C@@H](CN(C)C)C1. The fourth-order valence-electron chi connectivity index (χ4n) is 2.35. The first kappa shape index (κ1) is 15.2. The van der Waals surface area contributed by atoms with E-state index in [1.165, 1.54) is 0 Å². The topological polar surface area (TPSA) is 44.8 Å². The second-order valence-corrected chi connectivity index (χ2v) is 5.49. The Kier molecular flexibility index (Phi) is 6.43. The first-order valence-electron chi connectivity index (χ1n) is 6.72. The van der Waals surface area contributed by atoms with E-state index in [1.54, 1.807) is 7.11 Å². The van der Waals surface area contributed by atoms with E-state index in [1.807, 2.05) is 11.8 Å². The first-order chi connectivity index (χ1) is 8.52. The van der Waals surface area contributed by atoms with Crippen molar-refractivity contribution in [1.29, 1.82) is 0 Å². The Bertz CT molecular complexity index is 259. The summed E-state index contributed by atoms with van der Waals surface area (Å²) < 4.78 is 5.01. The average molecular weight is 257 g/mol. The maximum absolute atomic E-state index is 12.0. The van der Waals surface area contributed by atoms with Gasteiger partial charge in [0.1, 0.15) is 0 Å². The number of urea groups is 1. The van der Waals surface area contributed by atoms with E-state index in [9.17, 15) is 4.79 Å². The highest BCUT2D eigenvalue weighted by atomic mass is 16.5. The molecule has 106 valence electrons. The third-order valence-corrected chi connectivity index (χ3v) is 3.32. The molecule has 0 spiro atoms. The van der Waals surface area contributed by atoms with Gasteiger partial charge in [-0.2, -0.15) is 0 Å². The van der Waals surface area contributed by atoms with Crippen molar-refractivity contribution in [3.05, 3.63) is 0 Å². The molecule has 5 heteroatoms. The zero-order valence-corrected chi connectivity index (χ0v) is 12.1. The van der Waals surface area contributed by atoms with Crippen molar-refractivity contribution in [2.45, 2.75) is 25.8 Å². The van der Waals surface area contributed by atoms with Crippen LogP contribution in [-0.2, 0) is 4.74 Å². The van der Waals surface area contributed by atoms with Crippen LogP contribution in [0.1, 0.15) is 19.8 Å². The predicted molar refractivity (Wildman–Crippen MR) is 72.7 cm³/mol. The van der Waals surface area contributed by atoms with Crippen LogP contribution in [0.5, 0.6) is 0 Å². The minimum absolute atomic E-state index is 0.0693. The molecule has 0 unspecified atom stereocenters. The summed E-state index contributed by atoms with van der Waals surface area (Å²) in [7, 11) is 5.84. The maximum Gasteiger partial charge on any atom is 0.317 e. The third-order valence-electron chi connectivity index (χ3n) is 3.32. The van der Waals surface area contributed by atoms with Gasteiger partial charge in [-0.25, -0.2) is 4.79 Å². The van der Waals surface area contributed by atoms with Gasteiger partial charge in [-0.15, -0.1) is 0 Å². The van der Waals surface area contributed by atoms with Gasteiger partial charge >= 0.3 is 6.03 Å². The molecular weight excluding hydrogens is 230 g/mol. The lowest BCUT2D eigenvalue weighted by atomic mass is 10.1. The van der Waals surface area contributed by atoms with Gasteiger partial charge in [0.05, 0.1) is 0 Å². The predicted octanol–water partition coefficient (Wildman–Crippen LogP) is 1.00. The maximum atomic E-state index is 12.0. The summed E-state index contributed by atoms with van der Waals surface area (Å²) >= 11 is 0. The van der Waals surface area contributed by atoms with Gasteiger partial charge < -0.3 is 19.9 Å². The molecule has 1 heterocycles. The van der Waals surface area contributed by atoms with Gasteiger partial charge in [0.25, 0.3) is 0 Å². The molecule has 0 aromatic rings. The molecule has 1 fully saturated rings. The van der Waals surface area contributed by atoms with E-state index in [2.05, 4.69) is 24.3 Å². The smallest absolute Gasteiger partial charge is 0.317 e. The molecule has 0 aromatic heterocycles. The Morgan fingerprint density at radius 2 is 2.28 bits per heavy atom. The number of carbonyl (C=O) groups excluding carboxylic acids is 1. The Labute approximate surface area is 110 Å². The van der Waals surface area contributed by atoms with Gasteiger partial charge in [0.2, 0.25) is 0 Å². The number of hydrogen-bond acceptors (Lipinski definition) is 3. The molecule has 18 heavy (non-hydrogen) atoms. The van der Waals surface area contributed by atoms with Crippen LogP contribution in [0, 0.1) is 5.92 Å². The number of nitrogens with zero attached hydrogens (tertiary/aromatic N) is 2. The standard InChI is InChI=1S/C13H27N3O2/c1-11(6-8-18-4)14-13(17)16-7-5-12(10-16)9-15(2)3/h11-12H,5-10H2,1-4H3,(H,14,17)/t11-,12+/m1/s1. The first-order valence-corrected chi connectivity index (χ1v) is 6.72. The lowest BCUT2D eigenvalue weighted by Gasteiger charge is -2.21. The van der Waals surface area contributed by atoms with Crippen molar-refractivity contribution in [2.24, 2.45) is 5.92 Å². The van der Waals surface area contributed by atoms with Crippen molar-refractivity contribution < 1.29 is 9.53 Å². The van der Waals surface area contributed by atoms with Gasteiger partial charge in [0.15, 0.2) is 0 Å². The van der Waals surface area contributed by atoms with Crippen molar-refractivity contribution in [3.8, 4) is 0 Å². The molecule has 0 aromatic carbocycles. The molecule has 1 saturated heterocycles. The highest BCUT2D eigenvalue weighted by Crippen LogP contribution is 2.16. The summed E-state index contributed by atoms with van der Waals surface area (Å²) in [5.41, 5.74) is 0. The molecule has 2 amide bonds. The number of rotatable bonds is 6. The summed E-state index contributed by atoms with van der Waals surface area (Å²) in [5.74, 6) is 0.611. The molecule has 1 N–H and O–H groups in total.